The fourth-order valence-electron chi connectivity index (χ4n) is 4.66. The van der Waals surface area contributed by atoms with Crippen LogP contribution < -0.4 is 0 Å². The normalized spacial score (nSPS) is 13.6. The smallest absolute Gasteiger partial charge is 0.436 e. The first kappa shape index (κ1) is 36.5. The highest BCUT2D eigenvalue weighted by Gasteiger charge is 2.51. The van der Waals surface area contributed by atoms with Gasteiger partial charge in [0.1, 0.15) is 5.73 Å². The predicted octanol–water partition coefficient (Wildman–Crippen LogP) is 8.91. The first-order valence-electron chi connectivity index (χ1n) is 15.8. The van der Waals surface area contributed by atoms with Gasteiger partial charge in [-0.2, -0.15) is 0 Å². The molecule has 0 radical (unpaired) electrons. The minimum atomic E-state index is -3.09. The summed E-state index contributed by atoms with van der Waals surface area (Å²) in [6.07, 6.45) is 21.1. The molecule has 6 nitrogen and oxygen atoms in total. The van der Waals surface area contributed by atoms with Crippen molar-refractivity contribution < 1.29 is 27.5 Å². The highest BCUT2D eigenvalue weighted by molar-refractivity contribution is 6.62. The number of ether oxygens (including phenoxy) is 2. The largest absolute Gasteiger partial charge is 0.531 e. The fraction of sp³-hybridized carbons (Fsp3) is 0.967. The second-order valence-electron chi connectivity index (χ2n) is 9.95. The third kappa shape index (κ3) is 18.4. The maximum Gasteiger partial charge on any atom is 0.531 e. The van der Waals surface area contributed by atoms with Crippen LogP contribution in [-0.4, -0.2) is 46.6 Å². The van der Waals surface area contributed by atoms with Crippen LogP contribution in [0.4, 0.5) is 0 Å². The summed E-state index contributed by atoms with van der Waals surface area (Å²) in [5.41, 5.74) is -0.344. The topological polar surface area (TPSA) is 63.2 Å². The van der Waals surface area contributed by atoms with Crippen LogP contribution >= 0.6 is 0 Å². The van der Waals surface area contributed by atoms with E-state index in [2.05, 4.69) is 6.92 Å². The van der Waals surface area contributed by atoms with Crippen molar-refractivity contribution in [2.24, 2.45) is 0 Å². The van der Waals surface area contributed by atoms with Crippen molar-refractivity contribution in [2.45, 2.75) is 169 Å². The van der Waals surface area contributed by atoms with Gasteiger partial charge in [-0.15, -0.1) is 0 Å². The molecule has 222 valence electrons. The lowest BCUT2D eigenvalue weighted by Crippen LogP contribution is -2.58. The van der Waals surface area contributed by atoms with Crippen molar-refractivity contribution in [1.82, 2.24) is 0 Å². The van der Waals surface area contributed by atoms with Crippen molar-refractivity contribution in [3.8, 4) is 0 Å². The lowest BCUT2D eigenvalue weighted by atomic mass is 10.0. The van der Waals surface area contributed by atoms with Crippen LogP contribution in [0.15, 0.2) is 0 Å². The van der Waals surface area contributed by atoms with E-state index in [1.807, 2.05) is 27.7 Å². The van der Waals surface area contributed by atoms with E-state index in [1.165, 1.54) is 83.5 Å². The average Bonchev–Trinajstić information content (AvgIpc) is 2.89. The second-order valence-corrected chi connectivity index (χ2v) is 12.7. The number of rotatable bonds is 28. The van der Waals surface area contributed by atoms with E-state index < -0.39 is 15.1 Å². The Morgan fingerprint density at radius 2 is 1.00 bits per heavy atom. The molecule has 0 aromatic rings. The highest BCUT2D eigenvalue weighted by atomic mass is 28.4. The summed E-state index contributed by atoms with van der Waals surface area (Å²) in [5, 5.41) is 0. The molecule has 0 bridgehead atoms. The minimum absolute atomic E-state index is 0.255. The molecular formula is C30H62O6Si. The van der Waals surface area contributed by atoms with E-state index in [1.54, 1.807) is 6.92 Å². The van der Waals surface area contributed by atoms with E-state index in [9.17, 15) is 4.79 Å². The summed E-state index contributed by atoms with van der Waals surface area (Å²) >= 11 is 0. The number of hydrogen-bond donors (Lipinski definition) is 0. The lowest BCUT2D eigenvalue weighted by Gasteiger charge is -2.36. The Hall–Kier alpha value is -0.473. The summed E-state index contributed by atoms with van der Waals surface area (Å²) in [6, 6.07) is 0. The lowest BCUT2D eigenvalue weighted by molar-refractivity contribution is -0.190. The molecule has 0 fully saturated rings. The molecule has 0 spiro atoms. The molecular weight excluding hydrogens is 484 g/mol. The van der Waals surface area contributed by atoms with Crippen LogP contribution in [0.25, 0.3) is 0 Å². The second kappa shape index (κ2) is 25.8. The fourth-order valence-corrected chi connectivity index (χ4v) is 7.55. The van der Waals surface area contributed by atoms with Crippen molar-refractivity contribution >= 4 is 14.8 Å². The molecule has 0 aliphatic heterocycles. The minimum Gasteiger partial charge on any atom is -0.436 e. The molecule has 0 aromatic heterocycles. The van der Waals surface area contributed by atoms with Crippen molar-refractivity contribution in [3.05, 3.63) is 0 Å². The average molecular weight is 547 g/mol. The highest BCUT2D eigenvalue weighted by Crippen LogP contribution is 2.26. The third-order valence-electron chi connectivity index (χ3n) is 6.70. The Labute approximate surface area is 231 Å². The van der Waals surface area contributed by atoms with Crippen molar-refractivity contribution in [1.29, 1.82) is 0 Å². The maximum atomic E-state index is 11.9. The standard InChI is InChI=1S/C30H62O6Si/c1-7-13-14-15-16-17-18-19-20-21-22-23-24-25-26-27-30(36-29(9-3)35-28(31)8-2)37(32-10-4,33-11-5)34-12-6/h29-30H,7-27H2,1-6H3. The summed E-state index contributed by atoms with van der Waals surface area (Å²) in [4.78, 5) is 11.9. The van der Waals surface area contributed by atoms with E-state index in [0.29, 0.717) is 32.7 Å². The maximum absolute atomic E-state index is 11.9. The number of carbonyl (C=O) groups excluding carboxylic acids is 1. The van der Waals surface area contributed by atoms with Crippen molar-refractivity contribution in [3.63, 3.8) is 0 Å². The van der Waals surface area contributed by atoms with E-state index >= 15 is 0 Å². The SMILES string of the molecule is CCCCCCCCCCCCCCCCCC(OC(CC)OC(=O)CC)[Si](OCC)(OCC)OCC. The summed E-state index contributed by atoms with van der Waals surface area (Å²) in [5.74, 6) is -0.255. The third-order valence-corrected chi connectivity index (χ3v) is 9.99. The number of esters is 1. The molecule has 0 saturated heterocycles. The summed E-state index contributed by atoms with van der Waals surface area (Å²) in [6.45, 7) is 13.4. The Bertz CT molecular complexity index is 487. The summed E-state index contributed by atoms with van der Waals surface area (Å²) in [7, 11) is -3.09. The van der Waals surface area contributed by atoms with Gasteiger partial charge in [-0.25, -0.2) is 0 Å². The number of carbonyl (C=O) groups is 1. The molecule has 2 unspecified atom stereocenters. The molecule has 0 rings (SSSR count). The molecule has 0 heterocycles. The Kier molecular flexibility index (Phi) is 25.5. The van der Waals surface area contributed by atoms with Crippen LogP contribution in [0, 0.1) is 0 Å². The van der Waals surface area contributed by atoms with Crippen LogP contribution in [0.2, 0.25) is 0 Å². The molecule has 0 saturated carbocycles. The molecule has 7 heteroatoms. The molecule has 0 aliphatic carbocycles. The van der Waals surface area contributed by atoms with Crippen molar-refractivity contribution in [2.75, 3.05) is 19.8 Å². The van der Waals surface area contributed by atoms with Gasteiger partial charge in [0.15, 0.2) is 0 Å². The van der Waals surface area contributed by atoms with Crippen LogP contribution in [0.3, 0.4) is 0 Å². The van der Waals surface area contributed by atoms with Gasteiger partial charge in [0.25, 0.3) is 0 Å². The first-order chi connectivity index (χ1) is 18.0. The summed E-state index contributed by atoms with van der Waals surface area (Å²) < 4.78 is 30.3. The Morgan fingerprint density at radius 1 is 0.595 bits per heavy atom. The van der Waals surface area contributed by atoms with Crippen LogP contribution in [0.5, 0.6) is 0 Å². The molecule has 2 atom stereocenters. The van der Waals surface area contributed by atoms with Gasteiger partial charge >= 0.3 is 14.8 Å². The monoisotopic (exact) mass is 546 g/mol. The molecule has 0 amide bonds. The van der Waals surface area contributed by atoms with Gasteiger partial charge < -0.3 is 22.8 Å². The Balaban J connectivity index is 4.51. The van der Waals surface area contributed by atoms with Gasteiger partial charge in [-0.3, -0.25) is 4.79 Å². The van der Waals surface area contributed by atoms with Gasteiger partial charge in [-0.05, 0) is 27.2 Å². The van der Waals surface area contributed by atoms with Gasteiger partial charge in [0, 0.05) is 32.7 Å². The van der Waals surface area contributed by atoms with Gasteiger partial charge in [0.2, 0.25) is 6.29 Å². The molecule has 0 aliphatic rings. The van der Waals surface area contributed by atoms with Gasteiger partial charge in [-0.1, -0.05) is 117 Å². The van der Waals surface area contributed by atoms with Crippen LogP contribution in [0.1, 0.15) is 157 Å². The van der Waals surface area contributed by atoms with Gasteiger partial charge in [0.05, 0.1) is 0 Å². The van der Waals surface area contributed by atoms with Crippen LogP contribution in [-0.2, 0) is 27.5 Å². The quantitative estimate of drug-likeness (QED) is 0.0422. The predicted molar refractivity (Wildman–Crippen MR) is 156 cm³/mol. The van der Waals surface area contributed by atoms with E-state index in [0.717, 1.165) is 19.3 Å². The van der Waals surface area contributed by atoms with E-state index in [4.69, 9.17) is 22.8 Å². The molecule has 37 heavy (non-hydrogen) atoms. The zero-order valence-electron chi connectivity index (χ0n) is 25.5. The zero-order chi connectivity index (χ0) is 27.6. The zero-order valence-corrected chi connectivity index (χ0v) is 26.5. The van der Waals surface area contributed by atoms with E-state index in [-0.39, 0.29) is 11.7 Å². The number of hydrogen-bond acceptors (Lipinski definition) is 6. The molecule has 0 aromatic carbocycles. The first-order valence-corrected chi connectivity index (χ1v) is 17.6. The number of unbranched alkanes of at least 4 members (excludes halogenated alkanes) is 14. The molecule has 0 N–H and O–H groups in total. The Morgan fingerprint density at radius 3 is 1.35 bits per heavy atom.